The molecule has 5 heteroatoms. The summed E-state index contributed by atoms with van der Waals surface area (Å²) in [4.78, 5) is 16.5. The lowest BCUT2D eigenvalue weighted by atomic mass is 10.5. The normalized spacial score (nSPS) is 9.70. The first-order chi connectivity index (χ1) is 4.61. The minimum Gasteiger partial charge on any atom is -0.492 e. The van der Waals surface area contributed by atoms with Gasteiger partial charge in [0, 0.05) is 0 Å². The molecule has 0 atom stereocenters. The molecule has 0 bridgehead atoms. The number of nitrogens with two attached hydrogens (primary N) is 1. The number of anilines is 1. The predicted octanol–water partition coefficient (Wildman–Crippen LogP) is -0.634. The van der Waals surface area contributed by atoms with Gasteiger partial charge in [0.25, 0.3) is 5.56 Å². The van der Waals surface area contributed by atoms with E-state index in [0.29, 0.717) is 5.82 Å². The first-order valence-electron chi connectivity index (χ1n) is 2.66. The van der Waals surface area contributed by atoms with E-state index in [-0.39, 0.29) is 5.69 Å². The fourth-order valence-corrected chi connectivity index (χ4v) is 0.580. The third-order valence-corrected chi connectivity index (χ3v) is 1.05. The average Bonchev–Trinajstić information content (AvgIpc) is 1.82. The molecular formula is C5H7N3O2. The van der Waals surface area contributed by atoms with Crippen molar-refractivity contribution in [2.75, 3.05) is 5.73 Å². The summed E-state index contributed by atoms with van der Waals surface area (Å²) in [5, 5.41) is 8.82. The van der Waals surface area contributed by atoms with E-state index in [1.807, 2.05) is 0 Å². The summed E-state index contributed by atoms with van der Waals surface area (Å²) in [7, 11) is 0. The maximum Gasteiger partial charge on any atom is 0.278 e. The lowest BCUT2D eigenvalue weighted by molar-refractivity contribution is 0.452. The highest BCUT2D eigenvalue weighted by Crippen LogP contribution is 2.07. The highest BCUT2D eigenvalue weighted by Gasteiger charge is 2.02. The van der Waals surface area contributed by atoms with Crippen molar-refractivity contribution in [3.05, 3.63) is 16.2 Å². The van der Waals surface area contributed by atoms with Crippen molar-refractivity contribution >= 4 is 5.69 Å². The molecule has 0 aromatic carbocycles. The van der Waals surface area contributed by atoms with Crippen LogP contribution in [0.25, 0.3) is 0 Å². The Morgan fingerprint density at radius 2 is 2.30 bits per heavy atom. The van der Waals surface area contributed by atoms with Gasteiger partial charge in [0.1, 0.15) is 5.82 Å². The molecule has 0 fully saturated rings. The van der Waals surface area contributed by atoms with Gasteiger partial charge in [-0.2, -0.15) is 4.98 Å². The second-order valence-electron chi connectivity index (χ2n) is 1.89. The molecule has 1 aromatic heterocycles. The molecule has 1 rings (SSSR count). The van der Waals surface area contributed by atoms with E-state index in [2.05, 4.69) is 9.97 Å². The van der Waals surface area contributed by atoms with Crippen molar-refractivity contribution in [2.45, 2.75) is 6.92 Å². The van der Waals surface area contributed by atoms with Crippen LogP contribution in [0.4, 0.5) is 5.69 Å². The average molecular weight is 141 g/mol. The summed E-state index contributed by atoms with van der Waals surface area (Å²) < 4.78 is 0. The molecule has 0 unspecified atom stereocenters. The third-order valence-electron chi connectivity index (χ3n) is 1.05. The van der Waals surface area contributed by atoms with Crippen LogP contribution in [-0.2, 0) is 0 Å². The highest BCUT2D eigenvalue weighted by atomic mass is 16.3. The number of aromatic nitrogens is 2. The van der Waals surface area contributed by atoms with Gasteiger partial charge >= 0.3 is 0 Å². The lowest BCUT2D eigenvalue weighted by Gasteiger charge is -1.95. The molecule has 0 aliphatic rings. The Kier molecular flexibility index (Phi) is 1.33. The monoisotopic (exact) mass is 141 g/mol. The van der Waals surface area contributed by atoms with Gasteiger partial charge in [0.15, 0.2) is 5.69 Å². The zero-order chi connectivity index (χ0) is 7.72. The molecule has 0 saturated heterocycles. The van der Waals surface area contributed by atoms with Gasteiger partial charge in [-0.05, 0) is 6.92 Å². The van der Waals surface area contributed by atoms with Crippen LogP contribution in [0.1, 0.15) is 5.82 Å². The molecule has 54 valence electrons. The zero-order valence-corrected chi connectivity index (χ0v) is 5.38. The number of hydrogen-bond donors (Lipinski definition) is 3. The number of hydrogen-bond acceptors (Lipinski definition) is 4. The largest absolute Gasteiger partial charge is 0.492 e. The molecular weight excluding hydrogens is 134 g/mol. The molecule has 0 radical (unpaired) electrons. The molecule has 0 saturated carbocycles. The first kappa shape index (κ1) is 6.60. The third kappa shape index (κ3) is 0.928. The van der Waals surface area contributed by atoms with Crippen LogP contribution in [0.3, 0.4) is 0 Å². The minimum absolute atomic E-state index is 0.245. The van der Waals surface area contributed by atoms with Gasteiger partial charge in [0.2, 0.25) is 5.88 Å². The SMILES string of the molecule is Cc1nc(O)c(N)c(=O)[nH]1. The smallest absolute Gasteiger partial charge is 0.278 e. The van der Waals surface area contributed by atoms with Crippen LogP contribution in [-0.4, -0.2) is 15.1 Å². The Morgan fingerprint density at radius 3 is 2.80 bits per heavy atom. The molecule has 0 aliphatic carbocycles. The second kappa shape index (κ2) is 2.02. The molecule has 1 heterocycles. The van der Waals surface area contributed by atoms with Gasteiger partial charge in [-0.15, -0.1) is 0 Å². The Hall–Kier alpha value is -1.52. The quantitative estimate of drug-likeness (QED) is 0.448. The second-order valence-corrected chi connectivity index (χ2v) is 1.89. The van der Waals surface area contributed by atoms with Gasteiger partial charge in [0.05, 0.1) is 0 Å². The van der Waals surface area contributed by atoms with Crippen molar-refractivity contribution in [1.29, 1.82) is 0 Å². The van der Waals surface area contributed by atoms with Gasteiger partial charge < -0.3 is 15.8 Å². The molecule has 4 N–H and O–H groups in total. The number of aromatic amines is 1. The number of rotatable bonds is 0. The molecule has 0 amide bonds. The van der Waals surface area contributed by atoms with Crippen molar-refractivity contribution in [3.63, 3.8) is 0 Å². The summed E-state index contributed by atoms with van der Waals surface area (Å²) in [5.74, 6) is -0.0713. The van der Waals surface area contributed by atoms with Gasteiger partial charge in [-0.3, -0.25) is 4.79 Å². The fourth-order valence-electron chi connectivity index (χ4n) is 0.580. The topological polar surface area (TPSA) is 92.0 Å². The highest BCUT2D eigenvalue weighted by molar-refractivity contribution is 5.44. The zero-order valence-electron chi connectivity index (χ0n) is 5.38. The van der Waals surface area contributed by atoms with Gasteiger partial charge in [-0.1, -0.05) is 0 Å². The molecule has 0 aliphatic heterocycles. The Labute approximate surface area is 56.5 Å². The Bertz CT molecular complexity index is 304. The summed E-state index contributed by atoms with van der Waals surface area (Å²) >= 11 is 0. The van der Waals surface area contributed by atoms with E-state index >= 15 is 0 Å². The van der Waals surface area contributed by atoms with Crippen LogP contribution >= 0.6 is 0 Å². The maximum absolute atomic E-state index is 10.7. The molecule has 0 spiro atoms. The van der Waals surface area contributed by atoms with Crippen molar-refractivity contribution in [3.8, 4) is 5.88 Å². The van der Waals surface area contributed by atoms with E-state index in [1.54, 1.807) is 6.92 Å². The first-order valence-corrected chi connectivity index (χ1v) is 2.66. The van der Waals surface area contributed by atoms with E-state index in [4.69, 9.17) is 10.8 Å². The molecule has 1 aromatic rings. The lowest BCUT2D eigenvalue weighted by Crippen LogP contribution is -2.13. The molecule has 5 nitrogen and oxygen atoms in total. The summed E-state index contributed by atoms with van der Waals surface area (Å²) in [6.45, 7) is 1.56. The van der Waals surface area contributed by atoms with E-state index < -0.39 is 11.4 Å². The van der Waals surface area contributed by atoms with Crippen LogP contribution < -0.4 is 11.3 Å². The van der Waals surface area contributed by atoms with Gasteiger partial charge in [-0.25, -0.2) is 0 Å². The minimum atomic E-state index is -0.509. The van der Waals surface area contributed by atoms with Crippen LogP contribution in [0.2, 0.25) is 0 Å². The van der Waals surface area contributed by atoms with E-state index in [9.17, 15) is 4.79 Å². The number of aryl methyl sites for hydroxylation is 1. The Morgan fingerprint density at radius 1 is 1.70 bits per heavy atom. The maximum atomic E-state index is 10.7. The number of nitrogens with zero attached hydrogens (tertiary/aromatic N) is 1. The predicted molar refractivity (Wildman–Crippen MR) is 35.7 cm³/mol. The van der Waals surface area contributed by atoms with Crippen molar-refractivity contribution < 1.29 is 5.11 Å². The van der Waals surface area contributed by atoms with E-state index in [0.717, 1.165) is 0 Å². The number of aromatic hydroxyl groups is 1. The fraction of sp³-hybridized carbons (Fsp3) is 0.200. The Balaban J connectivity index is 3.46. The molecule has 10 heavy (non-hydrogen) atoms. The summed E-state index contributed by atoms with van der Waals surface area (Å²) in [6.07, 6.45) is 0. The summed E-state index contributed by atoms with van der Waals surface area (Å²) in [6, 6.07) is 0. The summed E-state index contributed by atoms with van der Waals surface area (Å²) in [5.41, 5.74) is 4.34. The number of H-pyrrole nitrogens is 1. The number of nitrogens with one attached hydrogen (secondary N) is 1. The van der Waals surface area contributed by atoms with Crippen molar-refractivity contribution in [2.24, 2.45) is 0 Å². The van der Waals surface area contributed by atoms with Crippen molar-refractivity contribution in [1.82, 2.24) is 9.97 Å². The standard InChI is InChI=1S/C5H7N3O2/c1-2-7-4(9)3(6)5(10)8-2/h6H2,1H3,(H2,7,8,9,10). The van der Waals surface area contributed by atoms with E-state index in [1.165, 1.54) is 0 Å². The van der Waals surface area contributed by atoms with Crippen LogP contribution in [0.5, 0.6) is 5.88 Å². The van der Waals surface area contributed by atoms with Crippen LogP contribution in [0, 0.1) is 6.92 Å². The number of nitrogen functional groups attached to an aromatic ring is 1. The van der Waals surface area contributed by atoms with Crippen LogP contribution in [0.15, 0.2) is 4.79 Å².